The summed E-state index contributed by atoms with van der Waals surface area (Å²) in [6.07, 6.45) is 3.01. The van der Waals surface area contributed by atoms with Crippen molar-refractivity contribution in [2.24, 2.45) is 0 Å². The average Bonchev–Trinajstić information content (AvgIpc) is 3.39. The lowest BCUT2D eigenvalue weighted by atomic mass is 9.94. The molecule has 7 heteroatoms. The van der Waals surface area contributed by atoms with Crippen molar-refractivity contribution in [2.45, 2.75) is 83.1 Å². The fourth-order valence-corrected chi connectivity index (χ4v) is 10.9. The third-order valence-corrected chi connectivity index (χ3v) is 12.9. The fourth-order valence-electron chi connectivity index (χ4n) is 6.28. The molecule has 2 aromatic rings. The minimum Gasteiger partial charge on any atom is -0.444 e. The molecule has 2 aliphatic heterocycles. The Labute approximate surface area is 230 Å². The number of hydrogen-bond acceptors (Lipinski definition) is 5. The molecule has 38 heavy (non-hydrogen) atoms. The molecule has 0 spiro atoms. The van der Waals surface area contributed by atoms with E-state index >= 15 is 0 Å². The number of rotatable bonds is 9. The van der Waals surface area contributed by atoms with Crippen LogP contribution in [0.1, 0.15) is 60.8 Å². The molecule has 2 saturated heterocycles. The second-order valence-corrected chi connectivity index (χ2v) is 17.2. The van der Waals surface area contributed by atoms with Gasteiger partial charge in [0, 0.05) is 18.6 Å². The zero-order chi connectivity index (χ0) is 27.4. The van der Waals surface area contributed by atoms with Gasteiger partial charge in [-0.1, -0.05) is 81.4 Å². The largest absolute Gasteiger partial charge is 0.444 e. The number of carbonyl (C=O) groups excluding carboxylic acids is 1. The number of benzene rings is 2. The molecule has 0 aromatic heterocycles. The van der Waals surface area contributed by atoms with Crippen LogP contribution >= 0.6 is 0 Å². The van der Waals surface area contributed by atoms with E-state index in [2.05, 4.69) is 91.7 Å². The highest BCUT2D eigenvalue weighted by Gasteiger charge is 2.54. The second-order valence-electron chi connectivity index (χ2n) is 12.9. The molecule has 0 radical (unpaired) electrons. The Balaban J connectivity index is 1.47. The van der Waals surface area contributed by atoms with Gasteiger partial charge in [0.15, 0.2) is 0 Å². The first kappa shape index (κ1) is 28.8. The predicted molar refractivity (Wildman–Crippen MR) is 156 cm³/mol. The molecule has 1 N–H and O–H groups in total. The van der Waals surface area contributed by atoms with Crippen molar-refractivity contribution in [1.82, 2.24) is 10.2 Å². The van der Waals surface area contributed by atoms with Crippen LogP contribution in [0.4, 0.5) is 4.79 Å². The monoisotopic (exact) mass is 538 g/mol. The van der Waals surface area contributed by atoms with E-state index in [4.69, 9.17) is 13.9 Å². The summed E-state index contributed by atoms with van der Waals surface area (Å²) in [6.45, 7) is 16.2. The van der Waals surface area contributed by atoms with E-state index in [1.165, 1.54) is 16.8 Å². The third kappa shape index (κ3) is 6.33. The van der Waals surface area contributed by atoms with Crippen LogP contribution < -0.4 is 15.7 Å². The molecule has 0 saturated carbocycles. The number of hydrogen-bond donors (Lipinski definition) is 1. The molecule has 6 nitrogen and oxygen atoms in total. The van der Waals surface area contributed by atoms with Gasteiger partial charge in [0.05, 0.1) is 19.3 Å². The number of nitrogens with zero attached hydrogens (tertiary/aromatic N) is 1. The summed E-state index contributed by atoms with van der Waals surface area (Å²) in [5.41, 5.74) is -0.505. The van der Waals surface area contributed by atoms with Crippen LogP contribution in [-0.2, 0) is 13.9 Å². The minimum atomic E-state index is -2.60. The van der Waals surface area contributed by atoms with Crippen LogP contribution in [0, 0.1) is 0 Å². The molecule has 0 bridgehead atoms. The van der Waals surface area contributed by atoms with E-state index in [0.717, 1.165) is 25.9 Å². The Kier molecular flexibility index (Phi) is 8.72. The average molecular weight is 539 g/mol. The van der Waals surface area contributed by atoms with Crippen LogP contribution in [0.3, 0.4) is 0 Å². The summed E-state index contributed by atoms with van der Waals surface area (Å²) >= 11 is 0. The molecule has 1 amide bonds. The summed E-state index contributed by atoms with van der Waals surface area (Å²) in [6, 6.07) is 21.8. The molecule has 2 fully saturated rings. The molecule has 0 aliphatic carbocycles. The van der Waals surface area contributed by atoms with Gasteiger partial charge in [-0.3, -0.25) is 4.90 Å². The van der Waals surface area contributed by atoms with Crippen molar-refractivity contribution >= 4 is 24.8 Å². The molecule has 2 atom stereocenters. The van der Waals surface area contributed by atoms with E-state index in [1.54, 1.807) is 0 Å². The first-order chi connectivity index (χ1) is 18.0. The summed E-state index contributed by atoms with van der Waals surface area (Å²) in [4.78, 5) is 14.5. The SMILES string of the molecule is CC(C)(C)OC(=O)NCCO[C@H]1CN2CCC[C@]2(CO[Si](c2ccccc2)(c2ccccc2)C(C)(C)C)C1. The Bertz CT molecular complexity index is 1010. The van der Waals surface area contributed by atoms with Crippen molar-refractivity contribution in [1.29, 1.82) is 0 Å². The highest BCUT2D eigenvalue weighted by Crippen LogP contribution is 2.43. The molecule has 2 heterocycles. The smallest absolute Gasteiger partial charge is 0.407 e. The van der Waals surface area contributed by atoms with Gasteiger partial charge in [-0.25, -0.2) is 4.79 Å². The van der Waals surface area contributed by atoms with E-state index in [1.807, 2.05) is 20.8 Å². The topological polar surface area (TPSA) is 60.0 Å². The lowest BCUT2D eigenvalue weighted by Gasteiger charge is -2.45. The van der Waals surface area contributed by atoms with Gasteiger partial charge in [0.25, 0.3) is 8.32 Å². The molecule has 0 unspecified atom stereocenters. The van der Waals surface area contributed by atoms with Crippen molar-refractivity contribution in [3.05, 3.63) is 60.7 Å². The number of carbonyl (C=O) groups is 1. The first-order valence-corrected chi connectivity index (χ1v) is 15.9. The van der Waals surface area contributed by atoms with Gasteiger partial charge < -0.3 is 19.2 Å². The van der Waals surface area contributed by atoms with Gasteiger partial charge in [0.1, 0.15) is 5.60 Å². The second kappa shape index (κ2) is 11.5. The molecule has 2 aromatic carbocycles. The number of ether oxygens (including phenoxy) is 2. The quantitative estimate of drug-likeness (QED) is 0.370. The summed E-state index contributed by atoms with van der Waals surface area (Å²) in [5, 5.41) is 5.39. The number of amides is 1. The van der Waals surface area contributed by atoms with Gasteiger partial charge in [0.2, 0.25) is 0 Å². The maximum Gasteiger partial charge on any atom is 0.407 e. The highest BCUT2D eigenvalue weighted by molar-refractivity contribution is 6.99. The molecule has 2 aliphatic rings. The van der Waals surface area contributed by atoms with E-state index in [0.29, 0.717) is 19.8 Å². The van der Waals surface area contributed by atoms with Crippen LogP contribution in [0.25, 0.3) is 0 Å². The molecular formula is C31H46N2O4Si. The van der Waals surface area contributed by atoms with Gasteiger partial charge in [-0.05, 0) is 62.0 Å². The van der Waals surface area contributed by atoms with E-state index in [9.17, 15) is 4.79 Å². The van der Waals surface area contributed by atoms with Crippen molar-refractivity contribution in [3.63, 3.8) is 0 Å². The maximum atomic E-state index is 11.9. The van der Waals surface area contributed by atoms with E-state index < -0.39 is 20.0 Å². The zero-order valence-corrected chi connectivity index (χ0v) is 25.1. The van der Waals surface area contributed by atoms with Crippen LogP contribution in [0.15, 0.2) is 60.7 Å². The number of nitrogens with one attached hydrogen (secondary N) is 1. The maximum absolute atomic E-state index is 11.9. The van der Waals surface area contributed by atoms with Crippen molar-refractivity contribution < 1.29 is 18.7 Å². The molecule has 208 valence electrons. The summed E-state index contributed by atoms with van der Waals surface area (Å²) in [5.74, 6) is 0. The highest BCUT2D eigenvalue weighted by atomic mass is 28.4. The van der Waals surface area contributed by atoms with E-state index in [-0.39, 0.29) is 16.7 Å². The zero-order valence-electron chi connectivity index (χ0n) is 24.1. The molecular weight excluding hydrogens is 492 g/mol. The van der Waals surface area contributed by atoms with Crippen LogP contribution in [0.5, 0.6) is 0 Å². The third-order valence-electron chi connectivity index (χ3n) is 7.87. The van der Waals surface area contributed by atoms with Gasteiger partial charge in [-0.2, -0.15) is 0 Å². The Morgan fingerprint density at radius 3 is 2.16 bits per heavy atom. The van der Waals surface area contributed by atoms with Crippen molar-refractivity contribution in [2.75, 3.05) is 32.8 Å². The van der Waals surface area contributed by atoms with Gasteiger partial charge >= 0.3 is 6.09 Å². The number of fused-ring (bicyclic) bond motifs is 1. The minimum absolute atomic E-state index is 0.00365. The summed E-state index contributed by atoms with van der Waals surface area (Å²) < 4.78 is 19.0. The predicted octanol–water partition coefficient (Wildman–Crippen LogP) is 4.71. The van der Waals surface area contributed by atoms with Crippen LogP contribution in [0.2, 0.25) is 5.04 Å². The lowest BCUT2D eigenvalue weighted by Crippen LogP contribution is -2.68. The lowest BCUT2D eigenvalue weighted by molar-refractivity contribution is 0.0406. The Morgan fingerprint density at radius 1 is 1.00 bits per heavy atom. The molecule has 4 rings (SSSR count). The standard InChI is InChI=1S/C31H46N2O4Si/c1-29(2,3)37-28(34)32-19-21-35-25-22-31(18-13-20-33(31)23-25)24-36-38(30(4,5)6,26-14-9-7-10-15-26)27-16-11-8-12-17-27/h7-12,14-17,25H,13,18-24H2,1-6H3,(H,32,34)/t25-,31-/m1/s1. The Morgan fingerprint density at radius 2 is 1.61 bits per heavy atom. The summed E-state index contributed by atoms with van der Waals surface area (Å²) in [7, 11) is -2.60. The van der Waals surface area contributed by atoms with Crippen LogP contribution in [-0.4, -0.2) is 69.4 Å². The van der Waals surface area contributed by atoms with Crippen molar-refractivity contribution in [3.8, 4) is 0 Å². The Hall–Kier alpha value is -2.19. The van der Waals surface area contributed by atoms with Gasteiger partial charge in [-0.15, -0.1) is 0 Å². The number of alkyl carbamates (subject to hydrolysis) is 1. The first-order valence-electron chi connectivity index (χ1n) is 14.0. The fraction of sp³-hybridized carbons (Fsp3) is 0.581. The normalized spacial score (nSPS) is 22.3.